The Hall–Kier alpha value is -1.22. The molecular weight excluding hydrogens is 224 g/mol. The third kappa shape index (κ3) is 2.07. The number of rotatable bonds is 3. The normalized spacial score (nSPS) is 28.2. The van der Waals surface area contributed by atoms with Crippen LogP contribution in [0.25, 0.3) is 0 Å². The third-order valence-corrected chi connectivity index (χ3v) is 4.33. The van der Waals surface area contributed by atoms with E-state index in [4.69, 9.17) is 4.74 Å². The summed E-state index contributed by atoms with van der Waals surface area (Å²) >= 11 is 0. The molecule has 1 aliphatic carbocycles. The number of ether oxygens (including phenoxy) is 1. The number of anilines is 1. The minimum absolute atomic E-state index is 0.277. The Bertz CT molecular complexity index is 430. The molecule has 3 nitrogen and oxygen atoms in total. The number of methoxy groups -OCH3 is 1. The van der Waals surface area contributed by atoms with Gasteiger partial charge in [-0.05, 0) is 37.8 Å². The summed E-state index contributed by atoms with van der Waals surface area (Å²) in [6, 6.07) is 8.34. The fourth-order valence-corrected chi connectivity index (χ4v) is 3.10. The molecule has 0 aromatic heterocycles. The van der Waals surface area contributed by atoms with Crippen molar-refractivity contribution < 1.29 is 4.74 Å². The van der Waals surface area contributed by atoms with Gasteiger partial charge in [-0.2, -0.15) is 0 Å². The second kappa shape index (κ2) is 4.47. The lowest BCUT2D eigenvalue weighted by molar-refractivity contribution is 0.284. The first-order valence-corrected chi connectivity index (χ1v) is 6.86. The molecule has 1 saturated heterocycles. The van der Waals surface area contributed by atoms with Gasteiger partial charge in [-0.1, -0.05) is 12.1 Å². The van der Waals surface area contributed by atoms with Gasteiger partial charge in [-0.3, -0.25) is 0 Å². The molecule has 1 saturated carbocycles. The maximum Gasteiger partial charge on any atom is 0.142 e. The Morgan fingerprint density at radius 2 is 2.11 bits per heavy atom. The highest BCUT2D eigenvalue weighted by Gasteiger charge is 2.44. The molecule has 2 aliphatic rings. The Balaban J connectivity index is 1.83. The van der Waals surface area contributed by atoms with Crippen LogP contribution in [0.5, 0.6) is 5.75 Å². The fourth-order valence-electron chi connectivity index (χ4n) is 3.10. The van der Waals surface area contributed by atoms with E-state index in [2.05, 4.69) is 29.3 Å². The molecule has 0 bridgehead atoms. The van der Waals surface area contributed by atoms with E-state index in [9.17, 15) is 0 Å². The van der Waals surface area contributed by atoms with Crippen molar-refractivity contribution in [3.63, 3.8) is 0 Å². The number of hydrogen-bond donors (Lipinski definition) is 1. The van der Waals surface area contributed by atoms with E-state index in [1.807, 2.05) is 12.1 Å². The summed E-state index contributed by atoms with van der Waals surface area (Å²) in [5.41, 5.74) is 1.51. The summed E-state index contributed by atoms with van der Waals surface area (Å²) in [7, 11) is 1.75. The monoisotopic (exact) mass is 246 g/mol. The molecule has 3 heteroatoms. The maximum atomic E-state index is 5.48. The third-order valence-electron chi connectivity index (χ3n) is 4.33. The van der Waals surface area contributed by atoms with Crippen molar-refractivity contribution in [2.45, 2.75) is 25.3 Å². The molecule has 98 valence electrons. The van der Waals surface area contributed by atoms with Crippen LogP contribution in [0.15, 0.2) is 24.3 Å². The summed E-state index contributed by atoms with van der Waals surface area (Å²) in [5, 5.41) is 3.71. The van der Waals surface area contributed by atoms with E-state index in [1.165, 1.54) is 18.5 Å². The van der Waals surface area contributed by atoms with Crippen LogP contribution in [0, 0.1) is 5.92 Å². The average Bonchev–Trinajstić information content (AvgIpc) is 3.23. The highest BCUT2D eigenvalue weighted by atomic mass is 16.5. The number of hydrogen-bond acceptors (Lipinski definition) is 3. The molecule has 1 aromatic carbocycles. The molecule has 0 spiro atoms. The van der Waals surface area contributed by atoms with Gasteiger partial charge in [-0.15, -0.1) is 0 Å². The molecule has 1 heterocycles. The van der Waals surface area contributed by atoms with Crippen molar-refractivity contribution >= 4 is 5.69 Å². The predicted octanol–water partition coefficient (Wildman–Crippen LogP) is 2.27. The summed E-state index contributed by atoms with van der Waals surface area (Å²) in [4.78, 5) is 2.47. The molecule has 3 rings (SSSR count). The predicted molar refractivity (Wildman–Crippen MR) is 74.3 cm³/mol. The summed E-state index contributed by atoms with van der Waals surface area (Å²) < 4.78 is 5.48. The smallest absolute Gasteiger partial charge is 0.142 e. The van der Waals surface area contributed by atoms with Crippen molar-refractivity contribution in [3.8, 4) is 5.75 Å². The number of nitrogens with one attached hydrogen (secondary N) is 1. The van der Waals surface area contributed by atoms with Crippen LogP contribution in [0.2, 0.25) is 0 Å². The van der Waals surface area contributed by atoms with Gasteiger partial charge in [0.1, 0.15) is 5.75 Å². The van der Waals surface area contributed by atoms with Crippen molar-refractivity contribution in [1.29, 1.82) is 0 Å². The van der Waals surface area contributed by atoms with Crippen LogP contribution in [0.3, 0.4) is 0 Å². The molecule has 0 amide bonds. The van der Waals surface area contributed by atoms with E-state index in [0.29, 0.717) is 0 Å². The summed E-state index contributed by atoms with van der Waals surface area (Å²) in [6.45, 7) is 5.57. The largest absolute Gasteiger partial charge is 0.495 e. The number of piperazine rings is 1. The summed E-state index contributed by atoms with van der Waals surface area (Å²) in [6.07, 6.45) is 2.76. The molecular formula is C15H22N2O. The van der Waals surface area contributed by atoms with Gasteiger partial charge in [0, 0.05) is 25.2 Å². The molecule has 1 atom stereocenters. The number of para-hydroxylation sites is 2. The van der Waals surface area contributed by atoms with E-state index in [0.717, 1.165) is 31.3 Å². The molecule has 0 radical (unpaired) electrons. The van der Waals surface area contributed by atoms with Crippen molar-refractivity contribution in [3.05, 3.63) is 24.3 Å². The standard InChI is InChI=1S/C15H22N2O/c1-15(12-7-8-12)11-17(10-9-16-15)13-5-3-4-6-14(13)18-2/h3-6,12,16H,7-11H2,1-2H3. The summed E-state index contributed by atoms with van der Waals surface area (Å²) in [5.74, 6) is 1.84. The molecule has 1 unspecified atom stereocenters. The number of nitrogens with zero attached hydrogens (tertiary/aromatic N) is 1. The van der Waals surface area contributed by atoms with Crippen LogP contribution >= 0.6 is 0 Å². The van der Waals surface area contributed by atoms with E-state index < -0.39 is 0 Å². The second-order valence-corrected chi connectivity index (χ2v) is 5.71. The Labute approximate surface area is 109 Å². The maximum absolute atomic E-state index is 5.48. The molecule has 1 N–H and O–H groups in total. The molecule has 18 heavy (non-hydrogen) atoms. The second-order valence-electron chi connectivity index (χ2n) is 5.71. The lowest BCUT2D eigenvalue weighted by Gasteiger charge is -2.43. The van der Waals surface area contributed by atoms with E-state index >= 15 is 0 Å². The zero-order valence-electron chi connectivity index (χ0n) is 11.3. The van der Waals surface area contributed by atoms with Gasteiger partial charge in [0.05, 0.1) is 12.8 Å². The van der Waals surface area contributed by atoms with Crippen LogP contribution in [0.1, 0.15) is 19.8 Å². The zero-order chi connectivity index (χ0) is 12.6. The molecule has 2 fully saturated rings. The Morgan fingerprint density at radius 1 is 1.33 bits per heavy atom. The van der Waals surface area contributed by atoms with Gasteiger partial charge in [0.2, 0.25) is 0 Å². The minimum atomic E-state index is 0.277. The Kier molecular flexibility index (Phi) is 2.94. The molecule has 1 aliphatic heterocycles. The number of benzene rings is 1. The zero-order valence-corrected chi connectivity index (χ0v) is 11.3. The lowest BCUT2D eigenvalue weighted by Crippen LogP contribution is -2.60. The topological polar surface area (TPSA) is 24.5 Å². The van der Waals surface area contributed by atoms with Gasteiger partial charge in [0.25, 0.3) is 0 Å². The van der Waals surface area contributed by atoms with E-state index in [1.54, 1.807) is 7.11 Å². The van der Waals surface area contributed by atoms with Gasteiger partial charge in [0.15, 0.2) is 0 Å². The highest BCUT2D eigenvalue weighted by Crippen LogP contribution is 2.42. The quantitative estimate of drug-likeness (QED) is 0.885. The van der Waals surface area contributed by atoms with Crippen LogP contribution < -0.4 is 15.0 Å². The first-order valence-electron chi connectivity index (χ1n) is 6.86. The van der Waals surface area contributed by atoms with Crippen molar-refractivity contribution in [1.82, 2.24) is 5.32 Å². The SMILES string of the molecule is COc1ccccc1N1CCNC(C)(C2CC2)C1. The van der Waals surface area contributed by atoms with Gasteiger partial charge >= 0.3 is 0 Å². The Morgan fingerprint density at radius 3 is 2.83 bits per heavy atom. The van der Waals surface area contributed by atoms with E-state index in [-0.39, 0.29) is 5.54 Å². The van der Waals surface area contributed by atoms with Crippen LogP contribution in [-0.4, -0.2) is 32.3 Å². The highest BCUT2D eigenvalue weighted by molar-refractivity contribution is 5.59. The van der Waals surface area contributed by atoms with Crippen LogP contribution in [0.4, 0.5) is 5.69 Å². The van der Waals surface area contributed by atoms with Crippen LogP contribution in [-0.2, 0) is 0 Å². The van der Waals surface area contributed by atoms with Gasteiger partial charge < -0.3 is 15.0 Å². The first kappa shape index (κ1) is 11.8. The fraction of sp³-hybridized carbons (Fsp3) is 0.600. The molecule has 1 aromatic rings. The van der Waals surface area contributed by atoms with Crippen molar-refractivity contribution in [2.24, 2.45) is 5.92 Å². The average molecular weight is 246 g/mol. The first-order chi connectivity index (χ1) is 8.73. The minimum Gasteiger partial charge on any atom is -0.495 e. The van der Waals surface area contributed by atoms with Gasteiger partial charge in [-0.25, -0.2) is 0 Å². The van der Waals surface area contributed by atoms with Crippen molar-refractivity contribution in [2.75, 3.05) is 31.6 Å². The lowest BCUT2D eigenvalue weighted by atomic mass is 9.92.